The molecule has 2 heteroatoms. The molecule has 1 nitrogen and oxygen atoms in total. The van der Waals surface area contributed by atoms with Gasteiger partial charge in [-0.15, -0.1) is 0 Å². The van der Waals surface area contributed by atoms with E-state index >= 15 is 0 Å². The van der Waals surface area contributed by atoms with E-state index in [1.807, 2.05) is 0 Å². The summed E-state index contributed by atoms with van der Waals surface area (Å²) in [6.07, 6.45) is 35.4. The van der Waals surface area contributed by atoms with Gasteiger partial charge in [-0.1, -0.05) is 164 Å². The molecule has 0 rings (SSSR count). The largest absolute Gasteiger partial charge is 0.396 e. The molecule has 0 aliphatic rings. The van der Waals surface area contributed by atoms with Crippen molar-refractivity contribution in [1.29, 1.82) is 0 Å². The molecule has 0 spiro atoms. The highest BCUT2D eigenvalue weighted by Gasteiger charge is 1.96. The van der Waals surface area contributed by atoms with Crippen LogP contribution in [0.2, 0.25) is 0 Å². The van der Waals surface area contributed by atoms with E-state index in [1.54, 1.807) is 0 Å². The van der Waals surface area contributed by atoms with Gasteiger partial charge >= 0.3 is 0 Å². The van der Waals surface area contributed by atoms with Crippen LogP contribution in [0, 0.1) is 0 Å². The van der Waals surface area contributed by atoms with E-state index in [2.05, 4.69) is 15.9 Å². The van der Waals surface area contributed by atoms with Crippen LogP contribution in [0.1, 0.15) is 161 Å². The molecular formula is C27H55BrO. The molecule has 0 aromatic carbocycles. The van der Waals surface area contributed by atoms with Crippen LogP contribution < -0.4 is 0 Å². The summed E-state index contributed by atoms with van der Waals surface area (Å²) in [4.78, 5) is 0. The highest BCUT2D eigenvalue weighted by atomic mass is 79.9. The molecule has 0 saturated heterocycles. The smallest absolute Gasteiger partial charge is 0.0431 e. The number of unbranched alkanes of at least 4 members (excludes halogenated alkanes) is 24. The summed E-state index contributed by atoms with van der Waals surface area (Å²) < 4.78 is 0. The summed E-state index contributed by atoms with van der Waals surface area (Å²) in [5, 5.41) is 9.93. The molecule has 0 radical (unpaired) electrons. The van der Waals surface area contributed by atoms with Crippen molar-refractivity contribution >= 4 is 15.9 Å². The lowest BCUT2D eigenvalue weighted by molar-refractivity contribution is 0.282. The number of rotatable bonds is 26. The molecule has 0 unspecified atom stereocenters. The molecule has 0 fully saturated rings. The Hall–Kier alpha value is 0.440. The Labute approximate surface area is 193 Å². The Balaban J connectivity index is 2.97. The quantitative estimate of drug-likeness (QED) is 0.0974. The van der Waals surface area contributed by atoms with Gasteiger partial charge in [0.25, 0.3) is 0 Å². The van der Waals surface area contributed by atoms with E-state index < -0.39 is 0 Å². The van der Waals surface area contributed by atoms with Crippen molar-refractivity contribution in [2.24, 2.45) is 0 Å². The first-order chi connectivity index (χ1) is 14.4. The second-order valence-electron chi connectivity index (χ2n) is 9.25. The Morgan fingerprint density at radius 1 is 0.276 bits per heavy atom. The van der Waals surface area contributed by atoms with Gasteiger partial charge < -0.3 is 5.11 Å². The standard InChI is InChI=1S/C27H55BrO/c28-26-24-22-20-18-16-14-12-10-8-6-4-2-1-3-5-7-9-11-13-15-17-19-21-23-25-27-29/h29H,1-27H2. The second-order valence-corrected chi connectivity index (χ2v) is 10.0. The highest BCUT2D eigenvalue weighted by molar-refractivity contribution is 9.09. The number of aliphatic hydroxyl groups excluding tert-OH is 1. The zero-order valence-electron chi connectivity index (χ0n) is 19.9. The van der Waals surface area contributed by atoms with Gasteiger partial charge in [-0.3, -0.25) is 0 Å². The van der Waals surface area contributed by atoms with Gasteiger partial charge in [-0.2, -0.15) is 0 Å². The van der Waals surface area contributed by atoms with Crippen molar-refractivity contribution in [2.75, 3.05) is 11.9 Å². The monoisotopic (exact) mass is 474 g/mol. The molecule has 0 aromatic heterocycles. The molecular weight excluding hydrogens is 420 g/mol. The van der Waals surface area contributed by atoms with Crippen LogP contribution in [-0.2, 0) is 0 Å². The minimum Gasteiger partial charge on any atom is -0.396 e. The molecule has 0 aliphatic carbocycles. The zero-order valence-corrected chi connectivity index (χ0v) is 21.5. The maximum absolute atomic E-state index is 8.75. The maximum atomic E-state index is 8.75. The van der Waals surface area contributed by atoms with E-state index in [9.17, 15) is 0 Å². The first-order valence-corrected chi connectivity index (χ1v) is 14.7. The summed E-state index contributed by atoms with van der Waals surface area (Å²) in [6.45, 7) is 0.373. The fraction of sp³-hybridized carbons (Fsp3) is 1.00. The summed E-state index contributed by atoms with van der Waals surface area (Å²) in [6, 6.07) is 0. The van der Waals surface area contributed by atoms with Gasteiger partial charge in [0, 0.05) is 11.9 Å². The van der Waals surface area contributed by atoms with E-state index in [4.69, 9.17) is 5.11 Å². The van der Waals surface area contributed by atoms with Gasteiger partial charge in [0.15, 0.2) is 0 Å². The molecule has 29 heavy (non-hydrogen) atoms. The fourth-order valence-electron chi connectivity index (χ4n) is 4.27. The third-order valence-electron chi connectivity index (χ3n) is 6.29. The van der Waals surface area contributed by atoms with Crippen molar-refractivity contribution in [2.45, 2.75) is 161 Å². The van der Waals surface area contributed by atoms with Crippen molar-refractivity contribution in [3.05, 3.63) is 0 Å². The van der Waals surface area contributed by atoms with Crippen molar-refractivity contribution in [1.82, 2.24) is 0 Å². The number of hydrogen-bond donors (Lipinski definition) is 1. The lowest BCUT2D eigenvalue weighted by Crippen LogP contribution is -1.85. The second kappa shape index (κ2) is 28.4. The van der Waals surface area contributed by atoms with E-state index in [0.29, 0.717) is 6.61 Å². The van der Waals surface area contributed by atoms with Gasteiger partial charge in [0.05, 0.1) is 0 Å². The van der Waals surface area contributed by atoms with Crippen LogP contribution in [-0.4, -0.2) is 17.0 Å². The summed E-state index contributed by atoms with van der Waals surface area (Å²) >= 11 is 3.51. The number of alkyl halides is 1. The molecule has 0 aliphatic heterocycles. The summed E-state index contributed by atoms with van der Waals surface area (Å²) in [5.41, 5.74) is 0. The van der Waals surface area contributed by atoms with Crippen LogP contribution >= 0.6 is 15.9 Å². The Kier molecular flexibility index (Phi) is 28.9. The van der Waals surface area contributed by atoms with Crippen molar-refractivity contribution < 1.29 is 5.11 Å². The SMILES string of the molecule is OCCCCCCCCCCCCCCCCCCCCCCCCCCCBr. The molecule has 0 atom stereocenters. The lowest BCUT2D eigenvalue weighted by Gasteiger charge is -2.04. The molecule has 0 saturated carbocycles. The average Bonchev–Trinajstić information content (AvgIpc) is 2.74. The van der Waals surface area contributed by atoms with Gasteiger partial charge in [-0.05, 0) is 12.8 Å². The lowest BCUT2D eigenvalue weighted by atomic mass is 10.0. The molecule has 176 valence electrons. The summed E-state index contributed by atoms with van der Waals surface area (Å²) in [5.74, 6) is 0. The van der Waals surface area contributed by atoms with Crippen LogP contribution in [0.25, 0.3) is 0 Å². The predicted octanol–water partition coefficient (Wildman–Crippen LogP) is 10.1. The van der Waals surface area contributed by atoms with E-state index in [-0.39, 0.29) is 0 Å². The third-order valence-corrected chi connectivity index (χ3v) is 6.85. The van der Waals surface area contributed by atoms with Crippen molar-refractivity contribution in [3.63, 3.8) is 0 Å². The van der Waals surface area contributed by atoms with Crippen LogP contribution in [0.15, 0.2) is 0 Å². The summed E-state index contributed by atoms with van der Waals surface area (Å²) in [7, 11) is 0. The highest BCUT2D eigenvalue weighted by Crippen LogP contribution is 2.15. The Morgan fingerprint density at radius 2 is 0.448 bits per heavy atom. The van der Waals surface area contributed by atoms with Crippen molar-refractivity contribution in [3.8, 4) is 0 Å². The molecule has 0 amide bonds. The minimum absolute atomic E-state index is 0.373. The average molecular weight is 476 g/mol. The minimum atomic E-state index is 0.373. The molecule has 0 bridgehead atoms. The van der Waals surface area contributed by atoms with Crippen LogP contribution in [0.3, 0.4) is 0 Å². The fourth-order valence-corrected chi connectivity index (χ4v) is 4.67. The maximum Gasteiger partial charge on any atom is 0.0431 e. The van der Waals surface area contributed by atoms with Crippen LogP contribution in [0.5, 0.6) is 0 Å². The Morgan fingerprint density at radius 3 is 0.621 bits per heavy atom. The van der Waals surface area contributed by atoms with Gasteiger partial charge in [0.2, 0.25) is 0 Å². The first kappa shape index (κ1) is 29.4. The third kappa shape index (κ3) is 28.4. The predicted molar refractivity (Wildman–Crippen MR) is 136 cm³/mol. The molecule has 1 N–H and O–H groups in total. The first-order valence-electron chi connectivity index (χ1n) is 13.6. The number of aliphatic hydroxyl groups is 1. The zero-order chi connectivity index (χ0) is 21.1. The molecule has 0 heterocycles. The topological polar surface area (TPSA) is 20.2 Å². The van der Waals surface area contributed by atoms with E-state index in [1.165, 1.54) is 159 Å². The normalized spacial score (nSPS) is 11.4. The number of halogens is 1. The van der Waals surface area contributed by atoms with Crippen LogP contribution in [0.4, 0.5) is 0 Å². The number of hydrogen-bond acceptors (Lipinski definition) is 1. The van der Waals surface area contributed by atoms with Gasteiger partial charge in [0.1, 0.15) is 0 Å². The van der Waals surface area contributed by atoms with E-state index in [0.717, 1.165) is 6.42 Å². The van der Waals surface area contributed by atoms with Gasteiger partial charge in [-0.25, -0.2) is 0 Å². The molecule has 0 aromatic rings. The Bertz CT molecular complexity index is 243.